The van der Waals surface area contributed by atoms with E-state index in [-0.39, 0.29) is 17.9 Å². The van der Waals surface area contributed by atoms with Crippen molar-refractivity contribution < 1.29 is 17.9 Å². The number of rotatable bonds is 7. The third-order valence-corrected chi connectivity index (χ3v) is 7.30. The van der Waals surface area contributed by atoms with Crippen molar-refractivity contribution in [3.8, 4) is 5.75 Å². The highest BCUT2D eigenvalue weighted by Gasteiger charge is 2.30. The second-order valence-corrected chi connectivity index (χ2v) is 9.53. The minimum atomic E-state index is -4.40. The Hall–Kier alpha value is -3.31. The van der Waals surface area contributed by atoms with Gasteiger partial charge >= 0.3 is 6.18 Å². The van der Waals surface area contributed by atoms with Gasteiger partial charge in [0.15, 0.2) is 5.16 Å². The zero-order valence-corrected chi connectivity index (χ0v) is 20.1. The van der Waals surface area contributed by atoms with Gasteiger partial charge < -0.3 is 4.74 Å². The Labute approximate surface area is 206 Å². The lowest BCUT2D eigenvalue weighted by molar-refractivity contribution is -0.137. The number of benzene rings is 2. The molecule has 6 nitrogen and oxygen atoms in total. The zero-order valence-electron chi connectivity index (χ0n) is 18.5. The maximum Gasteiger partial charge on any atom is 0.416 e. The van der Waals surface area contributed by atoms with Crippen molar-refractivity contribution in [3.63, 3.8) is 0 Å². The summed E-state index contributed by atoms with van der Waals surface area (Å²) in [5, 5.41) is 10.9. The van der Waals surface area contributed by atoms with Gasteiger partial charge in [0.05, 0.1) is 24.2 Å². The summed E-state index contributed by atoms with van der Waals surface area (Å²) in [4.78, 5) is 13.3. The first-order valence-electron chi connectivity index (χ1n) is 10.7. The summed E-state index contributed by atoms with van der Waals surface area (Å²) in [5.74, 6) is 1.31. The lowest BCUT2D eigenvalue weighted by Gasteiger charge is -2.13. The first-order valence-corrected chi connectivity index (χ1v) is 12.6. The van der Waals surface area contributed by atoms with Crippen LogP contribution in [0.4, 0.5) is 13.2 Å². The quantitative estimate of drug-likeness (QED) is 0.254. The fraction of sp³-hybridized carbons (Fsp3) is 0.208. The predicted molar refractivity (Wildman–Crippen MR) is 130 cm³/mol. The Morgan fingerprint density at radius 1 is 1.09 bits per heavy atom. The number of halogens is 3. The van der Waals surface area contributed by atoms with Gasteiger partial charge in [-0.2, -0.15) is 13.2 Å². The number of fused-ring (bicyclic) bond motifs is 3. The Morgan fingerprint density at radius 3 is 2.71 bits per heavy atom. The van der Waals surface area contributed by atoms with Gasteiger partial charge in [0, 0.05) is 11.3 Å². The Balaban J connectivity index is 1.55. The standard InChI is InChI=1S/C24H19F3N4O2S2/c1-2-33-19-9-4-3-7-16(19)13-30-21(32)20-18(10-11-34-20)31-22(30)28-29-23(31)35-14-15-6-5-8-17(12-15)24(25,26)27/h3-12H,2,13-14H2,1H3. The van der Waals surface area contributed by atoms with Gasteiger partial charge in [-0.15, -0.1) is 21.5 Å². The maximum atomic E-state index is 13.3. The molecule has 3 aromatic heterocycles. The number of para-hydroxylation sites is 1. The largest absolute Gasteiger partial charge is 0.494 e. The van der Waals surface area contributed by atoms with E-state index in [0.29, 0.717) is 39.1 Å². The molecule has 0 aliphatic rings. The van der Waals surface area contributed by atoms with Gasteiger partial charge in [0.25, 0.3) is 5.56 Å². The monoisotopic (exact) mass is 516 g/mol. The van der Waals surface area contributed by atoms with E-state index in [2.05, 4.69) is 10.2 Å². The summed E-state index contributed by atoms with van der Waals surface area (Å²) in [6.45, 7) is 2.63. The van der Waals surface area contributed by atoms with E-state index in [0.717, 1.165) is 17.7 Å². The van der Waals surface area contributed by atoms with E-state index in [1.54, 1.807) is 15.0 Å². The van der Waals surface area contributed by atoms with Crippen LogP contribution in [0.1, 0.15) is 23.6 Å². The van der Waals surface area contributed by atoms with Gasteiger partial charge in [-0.05, 0) is 36.1 Å². The second-order valence-electron chi connectivity index (χ2n) is 7.67. The van der Waals surface area contributed by atoms with Crippen LogP contribution in [0.5, 0.6) is 5.75 Å². The van der Waals surface area contributed by atoms with E-state index in [4.69, 9.17) is 4.74 Å². The van der Waals surface area contributed by atoms with Crippen LogP contribution in [0.3, 0.4) is 0 Å². The molecular weight excluding hydrogens is 497 g/mol. The van der Waals surface area contributed by atoms with Crippen LogP contribution >= 0.6 is 23.1 Å². The van der Waals surface area contributed by atoms with Crippen molar-refractivity contribution in [3.05, 3.63) is 87.0 Å². The van der Waals surface area contributed by atoms with Gasteiger partial charge in [-0.25, -0.2) is 0 Å². The molecule has 180 valence electrons. The first-order chi connectivity index (χ1) is 16.9. The predicted octanol–water partition coefficient (Wildman–Crippen LogP) is 5.86. The molecule has 0 bridgehead atoms. The number of ether oxygens (including phenoxy) is 1. The molecule has 11 heteroatoms. The second kappa shape index (κ2) is 9.38. The summed E-state index contributed by atoms with van der Waals surface area (Å²) in [6, 6.07) is 14.5. The smallest absolute Gasteiger partial charge is 0.416 e. The topological polar surface area (TPSA) is 61.4 Å². The summed E-state index contributed by atoms with van der Waals surface area (Å²) in [5.41, 5.74) is 1.14. The van der Waals surface area contributed by atoms with Crippen LogP contribution in [0.25, 0.3) is 16.0 Å². The number of alkyl halides is 3. The number of thioether (sulfide) groups is 1. The molecule has 0 aliphatic carbocycles. The van der Waals surface area contributed by atoms with Crippen molar-refractivity contribution in [1.29, 1.82) is 0 Å². The Kier molecular flexibility index (Phi) is 6.28. The van der Waals surface area contributed by atoms with Crippen molar-refractivity contribution in [2.45, 2.75) is 30.6 Å². The molecule has 0 atom stereocenters. The summed E-state index contributed by atoms with van der Waals surface area (Å²) < 4.78 is 48.9. The van der Waals surface area contributed by atoms with Crippen LogP contribution < -0.4 is 10.3 Å². The molecule has 3 heterocycles. The van der Waals surface area contributed by atoms with E-state index in [1.165, 1.54) is 29.2 Å². The molecule has 2 aromatic carbocycles. The lowest BCUT2D eigenvalue weighted by atomic mass is 10.1. The molecule has 5 rings (SSSR count). The first kappa shape index (κ1) is 23.4. The molecule has 0 amide bonds. The molecule has 35 heavy (non-hydrogen) atoms. The van der Waals surface area contributed by atoms with E-state index in [1.807, 2.05) is 42.6 Å². The number of aromatic nitrogens is 4. The zero-order chi connectivity index (χ0) is 24.6. The van der Waals surface area contributed by atoms with Crippen molar-refractivity contribution in [1.82, 2.24) is 19.2 Å². The molecule has 0 fully saturated rings. The molecular formula is C24H19F3N4O2S2. The minimum absolute atomic E-state index is 0.185. The normalized spacial score (nSPS) is 12.0. The maximum absolute atomic E-state index is 13.3. The van der Waals surface area contributed by atoms with Gasteiger partial charge in [-0.3, -0.25) is 13.8 Å². The van der Waals surface area contributed by atoms with Crippen molar-refractivity contribution >= 4 is 39.1 Å². The third-order valence-electron chi connectivity index (χ3n) is 5.41. The van der Waals surface area contributed by atoms with Gasteiger partial charge in [-0.1, -0.05) is 48.2 Å². The highest BCUT2D eigenvalue weighted by atomic mass is 32.2. The third kappa shape index (κ3) is 4.53. The summed E-state index contributed by atoms with van der Waals surface area (Å²) in [7, 11) is 0. The molecule has 0 unspecified atom stereocenters. The van der Waals surface area contributed by atoms with E-state index >= 15 is 0 Å². The Bertz CT molecular complexity index is 1570. The Morgan fingerprint density at radius 2 is 1.91 bits per heavy atom. The van der Waals surface area contributed by atoms with Crippen LogP contribution in [-0.4, -0.2) is 25.8 Å². The fourth-order valence-corrected chi connectivity index (χ4v) is 5.53. The molecule has 0 N–H and O–H groups in total. The summed E-state index contributed by atoms with van der Waals surface area (Å²) in [6.07, 6.45) is -4.40. The molecule has 5 aromatic rings. The van der Waals surface area contributed by atoms with Crippen molar-refractivity contribution in [2.24, 2.45) is 0 Å². The molecule has 0 spiro atoms. The molecule has 0 radical (unpaired) electrons. The van der Waals surface area contributed by atoms with E-state index < -0.39 is 11.7 Å². The number of nitrogens with zero attached hydrogens (tertiary/aromatic N) is 4. The van der Waals surface area contributed by atoms with Crippen LogP contribution in [0, 0.1) is 0 Å². The van der Waals surface area contributed by atoms with Crippen LogP contribution in [-0.2, 0) is 18.5 Å². The molecule has 0 saturated heterocycles. The van der Waals surface area contributed by atoms with Gasteiger partial charge in [0.1, 0.15) is 10.4 Å². The average Bonchev–Trinajstić information content (AvgIpc) is 3.48. The molecule has 0 saturated carbocycles. The fourth-order valence-electron chi connectivity index (χ4n) is 3.82. The molecule has 0 aliphatic heterocycles. The van der Waals surface area contributed by atoms with Crippen molar-refractivity contribution in [2.75, 3.05) is 6.61 Å². The number of hydrogen-bond donors (Lipinski definition) is 0. The average molecular weight is 517 g/mol. The van der Waals surface area contributed by atoms with Gasteiger partial charge in [0.2, 0.25) is 5.78 Å². The number of thiophene rings is 1. The number of hydrogen-bond acceptors (Lipinski definition) is 6. The lowest BCUT2D eigenvalue weighted by Crippen LogP contribution is -2.23. The summed E-state index contributed by atoms with van der Waals surface area (Å²) >= 11 is 2.59. The van der Waals surface area contributed by atoms with Crippen LogP contribution in [0.15, 0.2) is 69.9 Å². The van der Waals surface area contributed by atoms with Crippen LogP contribution in [0.2, 0.25) is 0 Å². The highest BCUT2D eigenvalue weighted by Crippen LogP contribution is 2.32. The van der Waals surface area contributed by atoms with E-state index in [9.17, 15) is 18.0 Å². The highest BCUT2D eigenvalue weighted by molar-refractivity contribution is 7.98. The minimum Gasteiger partial charge on any atom is -0.494 e. The SMILES string of the molecule is CCOc1ccccc1Cn1c(=O)c2sccc2n2c(SCc3cccc(C(F)(F)F)c3)nnc12.